The summed E-state index contributed by atoms with van der Waals surface area (Å²) in [5, 5.41) is 10.6. The lowest BCUT2D eigenvalue weighted by Gasteiger charge is -2.39. The third-order valence-corrected chi connectivity index (χ3v) is 5.23. The molecule has 1 saturated heterocycles. The molecule has 4 rings (SSSR count). The Morgan fingerprint density at radius 2 is 1.72 bits per heavy atom. The molecule has 1 N–H and O–H groups in total. The fourth-order valence-corrected chi connectivity index (χ4v) is 3.71. The van der Waals surface area contributed by atoms with Gasteiger partial charge in [0.25, 0.3) is 0 Å². The van der Waals surface area contributed by atoms with Gasteiger partial charge in [0.2, 0.25) is 0 Å². The van der Waals surface area contributed by atoms with Crippen molar-refractivity contribution in [2.24, 2.45) is 0 Å². The average molecular weight is 330 g/mol. The van der Waals surface area contributed by atoms with Gasteiger partial charge in [0.15, 0.2) is 0 Å². The molecule has 3 aromatic rings. The highest BCUT2D eigenvalue weighted by Crippen LogP contribution is 2.27. The molecule has 0 radical (unpaired) electrons. The van der Waals surface area contributed by atoms with Crippen molar-refractivity contribution in [1.29, 1.82) is 5.26 Å². The number of hydrogen-bond donors (Lipinski definition) is 1. The SMILES string of the molecule is CC(c1cc2ccccc2[nH]1)N1CCN(c2ccccc2C#N)CC1. The Kier molecular flexibility index (Phi) is 4.17. The first-order chi connectivity index (χ1) is 12.3. The van der Waals surface area contributed by atoms with E-state index in [2.05, 4.69) is 64.2 Å². The van der Waals surface area contributed by atoms with E-state index in [0.717, 1.165) is 37.4 Å². The molecule has 1 unspecified atom stereocenters. The van der Waals surface area contributed by atoms with Crippen molar-refractivity contribution >= 4 is 16.6 Å². The van der Waals surface area contributed by atoms with Gasteiger partial charge in [-0.05, 0) is 36.6 Å². The molecule has 1 fully saturated rings. The Morgan fingerprint density at radius 1 is 1.00 bits per heavy atom. The van der Waals surface area contributed by atoms with E-state index in [4.69, 9.17) is 0 Å². The highest BCUT2D eigenvalue weighted by molar-refractivity contribution is 5.80. The Hall–Kier alpha value is -2.77. The maximum Gasteiger partial charge on any atom is 0.101 e. The van der Waals surface area contributed by atoms with Crippen LogP contribution in [0.4, 0.5) is 5.69 Å². The van der Waals surface area contributed by atoms with Gasteiger partial charge in [-0.2, -0.15) is 5.26 Å². The van der Waals surface area contributed by atoms with Crippen molar-refractivity contribution in [1.82, 2.24) is 9.88 Å². The zero-order valence-corrected chi connectivity index (χ0v) is 14.4. The summed E-state index contributed by atoms with van der Waals surface area (Å²) in [6.07, 6.45) is 0. The van der Waals surface area contributed by atoms with Crippen molar-refractivity contribution < 1.29 is 0 Å². The molecule has 4 nitrogen and oxygen atoms in total. The lowest BCUT2D eigenvalue weighted by Crippen LogP contribution is -2.47. The van der Waals surface area contributed by atoms with Crippen LogP contribution in [0.25, 0.3) is 10.9 Å². The average Bonchev–Trinajstić information content (AvgIpc) is 3.12. The topological polar surface area (TPSA) is 46.1 Å². The van der Waals surface area contributed by atoms with Crippen LogP contribution in [0.1, 0.15) is 24.2 Å². The second kappa shape index (κ2) is 6.62. The Bertz CT molecular complexity index is 880. The van der Waals surface area contributed by atoms with Crippen LogP contribution in [0.5, 0.6) is 0 Å². The third-order valence-electron chi connectivity index (χ3n) is 5.23. The van der Waals surface area contributed by atoms with Crippen LogP contribution >= 0.6 is 0 Å². The van der Waals surface area contributed by atoms with Gasteiger partial charge in [0, 0.05) is 43.4 Å². The molecule has 0 amide bonds. The molecule has 2 heterocycles. The normalized spacial score (nSPS) is 16.7. The fourth-order valence-electron chi connectivity index (χ4n) is 3.71. The fraction of sp³-hybridized carbons (Fsp3) is 0.286. The Labute approximate surface area is 148 Å². The monoisotopic (exact) mass is 330 g/mol. The molecule has 0 spiro atoms. The molecule has 0 aliphatic carbocycles. The van der Waals surface area contributed by atoms with E-state index in [0.29, 0.717) is 6.04 Å². The number of aromatic nitrogens is 1. The van der Waals surface area contributed by atoms with Crippen LogP contribution in [-0.4, -0.2) is 36.1 Å². The summed E-state index contributed by atoms with van der Waals surface area (Å²) in [7, 11) is 0. The first-order valence-corrected chi connectivity index (χ1v) is 8.82. The molecule has 4 heteroatoms. The lowest BCUT2D eigenvalue weighted by molar-refractivity contribution is 0.196. The summed E-state index contributed by atoms with van der Waals surface area (Å²) in [6, 6.07) is 21.2. The molecule has 25 heavy (non-hydrogen) atoms. The van der Waals surface area contributed by atoms with E-state index in [1.807, 2.05) is 18.2 Å². The van der Waals surface area contributed by atoms with Gasteiger partial charge in [0.1, 0.15) is 6.07 Å². The largest absolute Gasteiger partial charge is 0.368 e. The number of rotatable bonds is 3. The third kappa shape index (κ3) is 2.99. The van der Waals surface area contributed by atoms with E-state index in [1.165, 1.54) is 16.6 Å². The molecule has 0 bridgehead atoms. The molecule has 1 aromatic heterocycles. The van der Waals surface area contributed by atoms with Gasteiger partial charge in [-0.25, -0.2) is 0 Å². The number of nitrogens with one attached hydrogen (secondary N) is 1. The van der Waals surface area contributed by atoms with Crippen molar-refractivity contribution in [3.8, 4) is 6.07 Å². The summed E-state index contributed by atoms with van der Waals surface area (Å²) in [4.78, 5) is 8.39. The van der Waals surface area contributed by atoms with Gasteiger partial charge in [-0.15, -0.1) is 0 Å². The summed E-state index contributed by atoms with van der Waals surface area (Å²) in [5.74, 6) is 0. The number of nitriles is 1. The maximum atomic E-state index is 9.32. The first-order valence-electron chi connectivity index (χ1n) is 8.82. The molecule has 1 aliphatic heterocycles. The minimum Gasteiger partial charge on any atom is -0.368 e. The number of piperazine rings is 1. The lowest BCUT2D eigenvalue weighted by atomic mass is 10.1. The molecule has 1 atom stereocenters. The van der Waals surface area contributed by atoms with Crippen LogP contribution < -0.4 is 4.90 Å². The smallest absolute Gasteiger partial charge is 0.101 e. The van der Waals surface area contributed by atoms with Crippen molar-refractivity contribution in [3.63, 3.8) is 0 Å². The van der Waals surface area contributed by atoms with Gasteiger partial charge >= 0.3 is 0 Å². The second-order valence-electron chi connectivity index (χ2n) is 6.64. The van der Waals surface area contributed by atoms with E-state index >= 15 is 0 Å². The minimum atomic E-state index is 0.362. The zero-order chi connectivity index (χ0) is 17.2. The summed E-state index contributed by atoms with van der Waals surface area (Å²) in [5.41, 5.74) is 4.29. The second-order valence-corrected chi connectivity index (χ2v) is 6.64. The molecule has 0 saturated carbocycles. The van der Waals surface area contributed by atoms with Gasteiger partial charge in [0.05, 0.1) is 11.3 Å². The number of aromatic amines is 1. The highest BCUT2D eigenvalue weighted by Gasteiger charge is 2.24. The zero-order valence-electron chi connectivity index (χ0n) is 14.4. The van der Waals surface area contributed by atoms with Crippen molar-refractivity contribution in [2.45, 2.75) is 13.0 Å². The van der Waals surface area contributed by atoms with Crippen molar-refractivity contribution in [3.05, 3.63) is 65.9 Å². The Morgan fingerprint density at radius 3 is 2.48 bits per heavy atom. The predicted molar refractivity (Wildman–Crippen MR) is 102 cm³/mol. The first kappa shape index (κ1) is 15.7. The summed E-state index contributed by atoms with van der Waals surface area (Å²) in [6.45, 7) is 6.16. The molecule has 1 aliphatic rings. The number of anilines is 1. The number of H-pyrrole nitrogens is 1. The van der Waals surface area contributed by atoms with Crippen LogP contribution in [0, 0.1) is 11.3 Å². The number of nitrogens with zero attached hydrogens (tertiary/aromatic N) is 3. The maximum absolute atomic E-state index is 9.32. The number of fused-ring (bicyclic) bond motifs is 1. The van der Waals surface area contributed by atoms with E-state index < -0.39 is 0 Å². The van der Waals surface area contributed by atoms with Crippen LogP contribution in [-0.2, 0) is 0 Å². The number of para-hydroxylation sites is 2. The summed E-state index contributed by atoms with van der Waals surface area (Å²) < 4.78 is 0. The van der Waals surface area contributed by atoms with Gasteiger partial charge in [-0.1, -0.05) is 30.3 Å². The van der Waals surface area contributed by atoms with Crippen LogP contribution in [0.2, 0.25) is 0 Å². The quantitative estimate of drug-likeness (QED) is 0.791. The molecular weight excluding hydrogens is 308 g/mol. The van der Waals surface area contributed by atoms with E-state index in [-0.39, 0.29) is 0 Å². The molecule has 2 aromatic carbocycles. The van der Waals surface area contributed by atoms with Gasteiger partial charge < -0.3 is 9.88 Å². The van der Waals surface area contributed by atoms with Gasteiger partial charge in [-0.3, -0.25) is 4.90 Å². The van der Waals surface area contributed by atoms with E-state index in [1.54, 1.807) is 0 Å². The molecular formula is C21H22N4. The molecule has 126 valence electrons. The van der Waals surface area contributed by atoms with Crippen LogP contribution in [0.3, 0.4) is 0 Å². The Balaban J connectivity index is 1.47. The highest BCUT2D eigenvalue weighted by atomic mass is 15.3. The van der Waals surface area contributed by atoms with Crippen molar-refractivity contribution in [2.75, 3.05) is 31.1 Å². The minimum absolute atomic E-state index is 0.362. The standard InChI is InChI=1S/C21H22N4/c1-16(20-14-17-6-2-4-8-19(17)23-20)24-10-12-25(13-11-24)21-9-5-3-7-18(21)15-22/h2-9,14,16,23H,10-13H2,1H3. The summed E-state index contributed by atoms with van der Waals surface area (Å²) >= 11 is 0. The predicted octanol–water partition coefficient (Wildman–Crippen LogP) is 3.92. The number of hydrogen-bond acceptors (Lipinski definition) is 3. The van der Waals surface area contributed by atoms with E-state index in [9.17, 15) is 5.26 Å². The number of benzene rings is 2. The van der Waals surface area contributed by atoms with Crippen LogP contribution in [0.15, 0.2) is 54.6 Å².